The van der Waals surface area contributed by atoms with Gasteiger partial charge in [-0.25, -0.2) is 0 Å². The lowest BCUT2D eigenvalue weighted by Crippen LogP contribution is -2.47. The normalized spacial score (nSPS) is 16.8. The minimum Gasteiger partial charge on any atom is -0.361 e. The quantitative estimate of drug-likeness (QED) is 0.904. The van der Waals surface area contributed by atoms with Crippen molar-refractivity contribution in [2.24, 2.45) is 0 Å². The summed E-state index contributed by atoms with van der Waals surface area (Å²) in [4.78, 5) is 19.9. The Morgan fingerprint density at radius 2 is 2.00 bits per heavy atom. The number of aromatic nitrogens is 1. The molecule has 0 unspecified atom stereocenters. The van der Waals surface area contributed by atoms with Gasteiger partial charge in [0.2, 0.25) is 5.91 Å². The van der Waals surface area contributed by atoms with Gasteiger partial charge >= 0.3 is 0 Å². The molecular formula is C16H21N3O. The van der Waals surface area contributed by atoms with Gasteiger partial charge in [0.1, 0.15) is 0 Å². The molecule has 0 saturated carbocycles. The molecule has 0 bridgehead atoms. The van der Waals surface area contributed by atoms with E-state index < -0.39 is 0 Å². The van der Waals surface area contributed by atoms with E-state index in [9.17, 15) is 4.79 Å². The van der Waals surface area contributed by atoms with Crippen LogP contribution in [-0.2, 0) is 11.2 Å². The van der Waals surface area contributed by atoms with E-state index in [4.69, 9.17) is 0 Å². The summed E-state index contributed by atoms with van der Waals surface area (Å²) < 4.78 is 0. The van der Waals surface area contributed by atoms with Crippen molar-refractivity contribution < 1.29 is 4.79 Å². The minimum absolute atomic E-state index is 0.237. The van der Waals surface area contributed by atoms with E-state index in [0.29, 0.717) is 6.42 Å². The zero-order chi connectivity index (χ0) is 14.1. The summed E-state index contributed by atoms with van der Waals surface area (Å²) in [5.74, 6) is 0.237. The Labute approximate surface area is 119 Å². The first kappa shape index (κ1) is 13.2. The minimum atomic E-state index is 0.237. The van der Waals surface area contributed by atoms with E-state index in [-0.39, 0.29) is 5.91 Å². The molecule has 1 aliphatic heterocycles. The predicted octanol–water partition coefficient (Wildman–Crippen LogP) is 1.79. The van der Waals surface area contributed by atoms with Gasteiger partial charge in [0.25, 0.3) is 0 Å². The summed E-state index contributed by atoms with van der Waals surface area (Å²) in [6.07, 6.45) is 2.47. The van der Waals surface area contributed by atoms with Crippen LogP contribution in [0.4, 0.5) is 0 Å². The lowest BCUT2D eigenvalue weighted by atomic mass is 10.1. The van der Waals surface area contributed by atoms with Crippen LogP contribution >= 0.6 is 0 Å². The molecule has 1 aromatic carbocycles. The van der Waals surface area contributed by atoms with Crippen LogP contribution in [0.2, 0.25) is 0 Å². The van der Waals surface area contributed by atoms with Crippen molar-refractivity contribution in [3.63, 3.8) is 0 Å². The first-order chi connectivity index (χ1) is 9.65. The summed E-state index contributed by atoms with van der Waals surface area (Å²) in [7, 11) is 2.10. The van der Waals surface area contributed by atoms with E-state index in [1.165, 1.54) is 10.9 Å². The number of rotatable bonds is 2. The fourth-order valence-electron chi connectivity index (χ4n) is 2.84. The number of para-hydroxylation sites is 1. The molecule has 106 valence electrons. The number of H-pyrrole nitrogens is 1. The highest BCUT2D eigenvalue weighted by atomic mass is 16.2. The first-order valence-electron chi connectivity index (χ1n) is 7.17. The highest BCUT2D eigenvalue weighted by molar-refractivity contribution is 5.90. The lowest BCUT2D eigenvalue weighted by molar-refractivity contribution is -0.132. The number of nitrogens with one attached hydrogen (secondary N) is 1. The molecule has 0 spiro atoms. The molecule has 3 rings (SSSR count). The van der Waals surface area contributed by atoms with Crippen molar-refractivity contribution in [2.45, 2.75) is 13.3 Å². The van der Waals surface area contributed by atoms with Crippen molar-refractivity contribution in [3.05, 3.63) is 35.5 Å². The van der Waals surface area contributed by atoms with Gasteiger partial charge in [-0.2, -0.15) is 0 Å². The Hall–Kier alpha value is -1.81. The standard InChI is InChI=1S/C16H21N3O/c1-12-4-3-5-14-13(11-17-16(12)14)10-15(20)19-8-6-18(2)7-9-19/h3-5,11,17H,6-10H2,1-2H3. The average Bonchev–Trinajstić information content (AvgIpc) is 2.84. The van der Waals surface area contributed by atoms with Gasteiger partial charge in [0.15, 0.2) is 0 Å². The molecule has 1 saturated heterocycles. The Balaban J connectivity index is 1.76. The summed E-state index contributed by atoms with van der Waals surface area (Å²) in [6.45, 7) is 5.72. The fourth-order valence-corrected chi connectivity index (χ4v) is 2.84. The molecule has 1 fully saturated rings. The molecule has 0 atom stereocenters. The molecule has 0 aliphatic carbocycles. The SMILES string of the molecule is Cc1cccc2c(CC(=O)N3CCN(C)CC3)c[nH]c12. The van der Waals surface area contributed by atoms with Gasteiger partial charge in [-0.3, -0.25) is 4.79 Å². The number of likely N-dealkylation sites (N-methyl/N-ethyl adjacent to an activating group) is 1. The maximum Gasteiger partial charge on any atom is 0.227 e. The molecule has 4 heteroatoms. The maximum absolute atomic E-state index is 12.4. The molecule has 20 heavy (non-hydrogen) atoms. The molecule has 2 heterocycles. The van der Waals surface area contributed by atoms with Crippen molar-refractivity contribution in [1.29, 1.82) is 0 Å². The third kappa shape index (κ3) is 2.43. The summed E-state index contributed by atoms with van der Waals surface area (Å²) >= 11 is 0. The van der Waals surface area contributed by atoms with Crippen LogP contribution < -0.4 is 0 Å². The van der Waals surface area contributed by atoms with Crippen LogP contribution in [0.15, 0.2) is 24.4 Å². The van der Waals surface area contributed by atoms with Crippen LogP contribution in [0.5, 0.6) is 0 Å². The van der Waals surface area contributed by atoms with Crippen LogP contribution in [0.1, 0.15) is 11.1 Å². The molecule has 1 aliphatic rings. The van der Waals surface area contributed by atoms with Gasteiger partial charge in [-0.1, -0.05) is 18.2 Å². The summed E-state index contributed by atoms with van der Waals surface area (Å²) in [6, 6.07) is 6.23. The van der Waals surface area contributed by atoms with Gasteiger partial charge < -0.3 is 14.8 Å². The Bertz CT molecular complexity index is 624. The zero-order valence-corrected chi connectivity index (χ0v) is 12.1. The number of fused-ring (bicyclic) bond motifs is 1. The van der Waals surface area contributed by atoms with Crippen molar-refractivity contribution in [1.82, 2.24) is 14.8 Å². The zero-order valence-electron chi connectivity index (χ0n) is 12.1. The topological polar surface area (TPSA) is 39.3 Å². The highest BCUT2D eigenvalue weighted by Crippen LogP contribution is 2.22. The number of amides is 1. The summed E-state index contributed by atoms with van der Waals surface area (Å²) in [5.41, 5.74) is 3.47. The first-order valence-corrected chi connectivity index (χ1v) is 7.17. The van der Waals surface area contributed by atoms with E-state index >= 15 is 0 Å². The highest BCUT2D eigenvalue weighted by Gasteiger charge is 2.20. The molecule has 2 aromatic rings. The number of carbonyl (C=O) groups is 1. The largest absolute Gasteiger partial charge is 0.361 e. The van der Waals surface area contributed by atoms with Crippen molar-refractivity contribution in [2.75, 3.05) is 33.2 Å². The number of hydrogen-bond donors (Lipinski definition) is 1. The second-order valence-electron chi connectivity index (χ2n) is 5.67. The van der Waals surface area contributed by atoms with E-state index in [2.05, 4.69) is 42.1 Å². The lowest BCUT2D eigenvalue weighted by Gasteiger charge is -2.32. The molecule has 1 aromatic heterocycles. The second-order valence-corrected chi connectivity index (χ2v) is 5.67. The van der Waals surface area contributed by atoms with Gasteiger partial charge in [0, 0.05) is 43.3 Å². The smallest absolute Gasteiger partial charge is 0.227 e. The van der Waals surface area contributed by atoms with E-state index in [1.807, 2.05) is 11.1 Å². The fraction of sp³-hybridized carbons (Fsp3) is 0.438. The molecule has 0 radical (unpaired) electrons. The number of carbonyl (C=O) groups excluding carboxylic acids is 1. The number of piperazine rings is 1. The number of aryl methyl sites for hydroxylation is 1. The Kier molecular flexibility index (Phi) is 3.49. The second kappa shape index (κ2) is 5.29. The Morgan fingerprint density at radius 1 is 1.25 bits per heavy atom. The molecule has 1 amide bonds. The molecule has 4 nitrogen and oxygen atoms in total. The van der Waals surface area contributed by atoms with E-state index in [1.54, 1.807) is 0 Å². The monoisotopic (exact) mass is 271 g/mol. The maximum atomic E-state index is 12.4. The number of hydrogen-bond acceptors (Lipinski definition) is 2. The van der Waals surface area contributed by atoms with Crippen LogP contribution in [0, 0.1) is 6.92 Å². The number of benzene rings is 1. The summed E-state index contributed by atoms with van der Waals surface area (Å²) in [5, 5.41) is 1.17. The van der Waals surface area contributed by atoms with Crippen molar-refractivity contribution in [3.8, 4) is 0 Å². The van der Waals surface area contributed by atoms with Crippen molar-refractivity contribution >= 4 is 16.8 Å². The predicted molar refractivity (Wildman–Crippen MR) is 80.8 cm³/mol. The molecular weight excluding hydrogens is 250 g/mol. The average molecular weight is 271 g/mol. The number of nitrogens with zero attached hydrogens (tertiary/aromatic N) is 2. The van der Waals surface area contributed by atoms with Gasteiger partial charge in [-0.15, -0.1) is 0 Å². The Morgan fingerprint density at radius 3 is 2.75 bits per heavy atom. The van der Waals surface area contributed by atoms with E-state index in [0.717, 1.165) is 37.3 Å². The number of aromatic amines is 1. The van der Waals surface area contributed by atoms with Gasteiger partial charge in [0.05, 0.1) is 6.42 Å². The molecule has 1 N–H and O–H groups in total. The van der Waals surface area contributed by atoms with Gasteiger partial charge in [-0.05, 0) is 25.1 Å². The third-order valence-corrected chi connectivity index (χ3v) is 4.21. The van der Waals surface area contributed by atoms with Crippen LogP contribution in [0.25, 0.3) is 10.9 Å². The van der Waals surface area contributed by atoms with Crippen LogP contribution in [-0.4, -0.2) is 53.9 Å². The van der Waals surface area contributed by atoms with Crippen LogP contribution in [0.3, 0.4) is 0 Å². The third-order valence-electron chi connectivity index (χ3n) is 4.21.